The van der Waals surface area contributed by atoms with Gasteiger partial charge in [-0.15, -0.1) is 0 Å². The van der Waals surface area contributed by atoms with Crippen LogP contribution >= 0.6 is 0 Å². The maximum Gasteiger partial charge on any atom is 0.270 e. The van der Waals surface area contributed by atoms with Crippen molar-refractivity contribution < 1.29 is 9.66 Å². The van der Waals surface area contributed by atoms with E-state index < -0.39 is 5.72 Å². The minimum Gasteiger partial charge on any atom is -0.467 e. The smallest absolute Gasteiger partial charge is 0.270 e. The van der Waals surface area contributed by atoms with Crippen LogP contribution in [0.2, 0.25) is 0 Å². The third-order valence-corrected chi connectivity index (χ3v) is 5.37. The van der Waals surface area contributed by atoms with Crippen molar-refractivity contribution in [1.82, 2.24) is 4.90 Å². The summed E-state index contributed by atoms with van der Waals surface area (Å²) in [6.07, 6.45) is 7.47. The van der Waals surface area contributed by atoms with E-state index in [-0.39, 0.29) is 16.0 Å². The summed E-state index contributed by atoms with van der Waals surface area (Å²) < 4.78 is 6.40. The topological polar surface area (TPSA) is 55.6 Å². The summed E-state index contributed by atoms with van der Waals surface area (Å²) in [4.78, 5) is 12.9. The lowest BCUT2D eigenvalue weighted by Gasteiger charge is -2.47. The number of hydrogen-bond acceptors (Lipinski definition) is 4. The molecule has 1 aromatic carbocycles. The van der Waals surface area contributed by atoms with Gasteiger partial charge in [0.1, 0.15) is 5.75 Å². The number of rotatable bonds is 3. The van der Waals surface area contributed by atoms with Crippen LogP contribution in [0, 0.1) is 15.5 Å². The molecule has 2 aliphatic rings. The summed E-state index contributed by atoms with van der Waals surface area (Å²) in [6.45, 7) is 14.5. The molecule has 1 atom stereocenters. The van der Waals surface area contributed by atoms with Gasteiger partial charge >= 0.3 is 0 Å². The molecule has 1 unspecified atom stereocenters. The Balaban J connectivity index is 2.18. The van der Waals surface area contributed by atoms with E-state index in [0.29, 0.717) is 12.3 Å². The van der Waals surface area contributed by atoms with Crippen molar-refractivity contribution in [2.45, 2.75) is 33.0 Å². The Morgan fingerprint density at radius 2 is 1.92 bits per heavy atom. The molecule has 1 fully saturated rings. The van der Waals surface area contributed by atoms with Crippen LogP contribution in [0.5, 0.6) is 5.75 Å². The maximum absolute atomic E-state index is 11.1. The van der Waals surface area contributed by atoms with Crippen LogP contribution in [0.1, 0.15) is 26.3 Å². The van der Waals surface area contributed by atoms with Crippen molar-refractivity contribution in [3.8, 4) is 5.75 Å². The molecule has 0 N–H and O–H groups in total. The summed E-state index contributed by atoms with van der Waals surface area (Å²) in [5.74, 6) is 0.690. The molecule has 5 heteroatoms. The van der Waals surface area contributed by atoms with Gasteiger partial charge in [0.15, 0.2) is 5.72 Å². The molecular weight excluding hydrogens is 316 g/mol. The first-order chi connectivity index (χ1) is 11.8. The van der Waals surface area contributed by atoms with Crippen LogP contribution < -0.4 is 4.74 Å². The molecule has 1 aromatic rings. The molecule has 3 rings (SSSR count). The van der Waals surface area contributed by atoms with Crippen LogP contribution in [0.3, 0.4) is 0 Å². The number of allylic oxidation sites excluding steroid dienone is 5. The van der Waals surface area contributed by atoms with E-state index in [1.165, 1.54) is 6.07 Å². The van der Waals surface area contributed by atoms with Crippen molar-refractivity contribution in [2.75, 3.05) is 0 Å². The summed E-state index contributed by atoms with van der Waals surface area (Å²) in [6, 6.07) is 4.77. The van der Waals surface area contributed by atoms with Crippen LogP contribution in [-0.4, -0.2) is 15.5 Å². The van der Waals surface area contributed by atoms with Crippen molar-refractivity contribution >= 4 is 5.69 Å². The zero-order valence-corrected chi connectivity index (χ0v) is 14.8. The van der Waals surface area contributed by atoms with Gasteiger partial charge in [-0.05, 0) is 38.5 Å². The van der Waals surface area contributed by atoms with Gasteiger partial charge in [-0.3, -0.25) is 10.1 Å². The lowest BCUT2D eigenvalue weighted by molar-refractivity contribution is -0.385. The van der Waals surface area contributed by atoms with E-state index in [1.54, 1.807) is 24.3 Å². The van der Waals surface area contributed by atoms with Gasteiger partial charge in [0.05, 0.1) is 16.9 Å². The van der Waals surface area contributed by atoms with Crippen molar-refractivity contribution in [3.63, 3.8) is 0 Å². The van der Waals surface area contributed by atoms with Crippen LogP contribution in [0.25, 0.3) is 0 Å². The first-order valence-corrected chi connectivity index (χ1v) is 8.16. The molecule has 0 saturated carbocycles. The Hall–Kier alpha value is -2.82. The van der Waals surface area contributed by atoms with Crippen molar-refractivity contribution in [3.05, 3.63) is 82.6 Å². The van der Waals surface area contributed by atoms with E-state index in [2.05, 4.69) is 38.8 Å². The number of nitrogens with zero attached hydrogens (tertiary/aromatic N) is 2. The molecule has 1 saturated heterocycles. The Morgan fingerprint density at radius 1 is 1.24 bits per heavy atom. The summed E-state index contributed by atoms with van der Waals surface area (Å²) in [5.41, 5.74) is 2.06. The lowest BCUT2D eigenvalue weighted by Crippen LogP contribution is -2.55. The lowest BCUT2D eigenvalue weighted by atomic mass is 9.77. The van der Waals surface area contributed by atoms with E-state index in [9.17, 15) is 10.1 Å². The minimum absolute atomic E-state index is 0.0699. The summed E-state index contributed by atoms with van der Waals surface area (Å²) in [5, 5.41) is 11.1. The number of non-ortho nitro benzene ring substituents is 1. The fourth-order valence-electron chi connectivity index (χ4n) is 3.69. The number of nitro benzene ring substituents is 1. The number of ether oxygens (including phenoxy) is 1. The molecule has 2 aliphatic heterocycles. The molecule has 0 spiro atoms. The minimum atomic E-state index is -0.611. The largest absolute Gasteiger partial charge is 0.467 e. The van der Waals surface area contributed by atoms with Gasteiger partial charge in [0, 0.05) is 23.4 Å². The highest BCUT2D eigenvalue weighted by Crippen LogP contribution is 2.57. The number of hydrogen-bond donors (Lipinski definition) is 0. The third kappa shape index (κ3) is 2.30. The average Bonchev–Trinajstić information content (AvgIpc) is 2.71. The number of fused-ring (bicyclic) bond motifs is 2. The maximum atomic E-state index is 11.1. The summed E-state index contributed by atoms with van der Waals surface area (Å²) >= 11 is 0. The zero-order valence-electron chi connectivity index (χ0n) is 14.8. The van der Waals surface area contributed by atoms with Gasteiger partial charge in [-0.1, -0.05) is 31.4 Å². The van der Waals surface area contributed by atoms with Crippen LogP contribution in [0.4, 0.5) is 5.69 Å². The number of nitro groups is 1. The normalized spacial score (nSPS) is 26.8. The Labute approximate surface area is 147 Å². The second kappa shape index (κ2) is 5.62. The monoisotopic (exact) mass is 338 g/mol. The van der Waals surface area contributed by atoms with Crippen molar-refractivity contribution in [1.29, 1.82) is 0 Å². The van der Waals surface area contributed by atoms with E-state index in [0.717, 1.165) is 16.8 Å². The molecule has 5 nitrogen and oxygen atoms in total. The van der Waals surface area contributed by atoms with Gasteiger partial charge in [0.2, 0.25) is 0 Å². The molecule has 25 heavy (non-hydrogen) atoms. The van der Waals surface area contributed by atoms with Gasteiger partial charge in [-0.2, -0.15) is 0 Å². The van der Waals surface area contributed by atoms with Crippen LogP contribution in [-0.2, 0) is 6.54 Å². The first-order valence-electron chi connectivity index (χ1n) is 8.16. The molecule has 0 aromatic heterocycles. The molecule has 130 valence electrons. The number of benzene rings is 1. The van der Waals surface area contributed by atoms with Gasteiger partial charge in [-0.25, -0.2) is 0 Å². The van der Waals surface area contributed by atoms with E-state index in [1.807, 2.05) is 12.2 Å². The molecule has 0 radical (unpaired) electrons. The second-order valence-electron chi connectivity index (χ2n) is 6.95. The molecule has 0 aliphatic carbocycles. The molecule has 0 bridgehead atoms. The fraction of sp³-hybridized carbons (Fsp3) is 0.300. The van der Waals surface area contributed by atoms with E-state index in [4.69, 9.17) is 4.74 Å². The quantitative estimate of drug-likeness (QED) is 0.591. The van der Waals surface area contributed by atoms with Gasteiger partial charge < -0.3 is 9.64 Å². The first kappa shape index (κ1) is 17.0. The molecule has 0 amide bonds. The SMILES string of the molecule is C=CC=C1/C(=C\C=C)N2Cc3cc([N+](=O)[O-])ccc3OC2(C)C1(C)C. The average molecular weight is 338 g/mol. The van der Waals surface area contributed by atoms with E-state index >= 15 is 0 Å². The highest BCUT2D eigenvalue weighted by atomic mass is 16.6. The standard InChI is InChI=1S/C20H22N2O3/c1-6-8-16-17(9-7-2)21-13-14-12-15(22(23)24)10-11-18(14)25-20(21,5)19(16,3)4/h6-12H,1-2,13H2,3-5H3/b16-8?,17-9+. The molecule has 2 heterocycles. The fourth-order valence-corrected chi connectivity index (χ4v) is 3.69. The van der Waals surface area contributed by atoms with Gasteiger partial charge in [0.25, 0.3) is 5.69 Å². The summed E-state index contributed by atoms with van der Waals surface area (Å²) in [7, 11) is 0. The Bertz CT molecular complexity index is 835. The highest BCUT2D eigenvalue weighted by molar-refractivity contribution is 5.52. The zero-order chi connectivity index (χ0) is 18.4. The predicted octanol–water partition coefficient (Wildman–Crippen LogP) is 4.73. The third-order valence-electron chi connectivity index (χ3n) is 5.37. The Morgan fingerprint density at radius 3 is 2.52 bits per heavy atom. The molecular formula is C20H22N2O3. The second-order valence-corrected chi connectivity index (χ2v) is 6.95. The van der Waals surface area contributed by atoms with Crippen molar-refractivity contribution in [2.24, 2.45) is 5.41 Å². The predicted molar refractivity (Wildman–Crippen MR) is 98.0 cm³/mol. The highest BCUT2D eigenvalue weighted by Gasteiger charge is 2.59. The van der Waals surface area contributed by atoms with Crippen LogP contribution in [0.15, 0.2) is 66.9 Å². The Kier molecular flexibility index (Phi) is 3.82.